The molecule has 45 heavy (non-hydrogen) atoms. The fourth-order valence-corrected chi connectivity index (χ4v) is 4.92. The van der Waals surface area contributed by atoms with Crippen molar-refractivity contribution in [2.45, 2.75) is 40.0 Å². The average molecular weight is 622 g/mol. The number of benzene rings is 1. The fourth-order valence-electron chi connectivity index (χ4n) is 4.92. The molecule has 1 aromatic carbocycles. The number of nitrogens with zero attached hydrogens (tertiary/aromatic N) is 4. The number of allylic oxidation sites excluding steroid dienone is 4. The van der Waals surface area contributed by atoms with Crippen LogP contribution >= 0.6 is 0 Å². The molecule has 0 bridgehead atoms. The molecule has 4 N–H and O–H groups in total. The van der Waals surface area contributed by atoms with Crippen molar-refractivity contribution in [2.24, 2.45) is 5.92 Å². The van der Waals surface area contributed by atoms with Gasteiger partial charge in [0, 0.05) is 50.4 Å². The van der Waals surface area contributed by atoms with Crippen molar-refractivity contribution < 1.29 is 23.8 Å². The summed E-state index contributed by atoms with van der Waals surface area (Å²) in [5, 5.41) is 25.6. The predicted molar refractivity (Wildman–Crippen MR) is 175 cm³/mol. The second-order valence-electron chi connectivity index (χ2n) is 10.4. The van der Waals surface area contributed by atoms with E-state index < -0.39 is 5.83 Å². The first-order chi connectivity index (χ1) is 21.7. The van der Waals surface area contributed by atoms with Crippen molar-refractivity contribution in [1.29, 1.82) is 5.41 Å². The van der Waals surface area contributed by atoms with Crippen LogP contribution in [0.3, 0.4) is 0 Å². The summed E-state index contributed by atoms with van der Waals surface area (Å²) in [7, 11) is 1.53. The Morgan fingerprint density at radius 3 is 2.36 bits per heavy atom. The molecule has 0 spiro atoms. The summed E-state index contributed by atoms with van der Waals surface area (Å²) in [5.74, 6) is -0.175. The third-order valence-corrected chi connectivity index (χ3v) is 7.45. The molecule has 11 nitrogen and oxygen atoms in total. The number of nitrogens with one attached hydrogen (secondary N) is 3. The molecule has 0 radical (unpaired) electrons. The summed E-state index contributed by atoms with van der Waals surface area (Å²) >= 11 is 0. The number of carbonyl (C=O) groups excluding carboxylic acids is 2. The molecule has 2 aliphatic rings. The lowest BCUT2D eigenvalue weighted by molar-refractivity contribution is -0.131. The summed E-state index contributed by atoms with van der Waals surface area (Å²) in [4.78, 5) is 37.4. The van der Waals surface area contributed by atoms with Gasteiger partial charge >= 0.3 is 6.03 Å². The molecular weight excluding hydrogens is 577 g/mol. The van der Waals surface area contributed by atoms with Crippen molar-refractivity contribution in [2.75, 3.05) is 56.7 Å². The number of aromatic hydroxyl groups is 1. The van der Waals surface area contributed by atoms with E-state index in [1.165, 1.54) is 25.3 Å². The van der Waals surface area contributed by atoms with Crippen LogP contribution < -0.4 is 15.5 Å². The Balaban J connectivity index is 0.00000271. The first kappa shape index (κ1) is 34.9. The zero-order chi connectivity index (χ0) is 32.9. The van der Waals surface area contributed by atoms with Crippen LogP contribution in [0, 0.1) is 11.3 Å². The predicted octanol–water partition coefficient (Wildman–Crippen LogP) is 5.45. The van der Waals surface area contributed by atoms with Crippen LogP contribution in [-0.2, 0) is 9.53 Å². The van der Waals surface area contributed by atoms with Crippen LogP contribution in [0.25, 0.3) is 11.4 Å². The molecule has 1 aromatic heterocycles. The third-order valence-electron chi connectivity index (χ3n) is 7.45. The van der Waals surface area contributed by atoms with Gasteiger partial charge in [-0.05, 0) is 55.7 Å². The van der Waals surface area contributed by atoms with Crippen LogP contribution in [0.15, 0.2) is 60.5 Å². The molecule has 0 unspecified atom stereocenters. The maximum absolute atomic E-state index is 13.4. The molecule has 2 fully saturated rings. The molecule has 2 saturated heterocycles. The van der Waals surface area contributed by atoms with Gasteiger partial charge < -0.3 is 35.7 Å². The zero-order valence-electron chi connectivity index (χ0n) is 26.5. The number of rotatable bonds is 9. The van der Waals surface area contributed by atoms with Crippen LogP contribution in [0.4, 0.5) is 20.7 Å². The third kappa shape index (κ3) is 9.45. The topological polar surface area (TPSA) is 144 Å². The quantitative estimate of drug-likeness (QED) is 0.215. The van der Waals surface area contributed by atoms with Gasteiger partial charge in [-0.3, -0.25) is 4.79 Å². The summed E-state index contributed by atoms with van der Waals surface area (Å²) in [6.45, 7) is 12.4. The van der Waals surface area contributed by atoms with Crippen molar-refractivity contribution >= 4 is 29.2 Å². The van der Waals surface area contributed by atoms with Crippen molar-refractivity contribution in [1.82, 2.24) is 20.2 Å². The molecule has 0 atom stereocenters. The first-order valence-corrected chi connectivity index (χ1v) is 15.3. The molecule has 0 aliphatic carbocycles. The Morgan fingerprint density at radius 1 is 1.11 bits per heavy atom. The minimum Gasteiger partial charge on any atom is -0.503 e. The first-order valence-electron chi connectivity index (χ1n) is 15.3. The Hall–Kier alpha value is -4.58. The molecular formula is C33H44FN7O4. The van der Waals surface area contributed by atoms with Crippen LogP contribution in [-0.4, -0.2) is 84.1 Å². The molecule has 3 amide bonds. The van der Waals surface area contributed by atoms with E-state index in [0.29, 0.717) is 80.7 Å². The Bertz CT molecular complexity index is 1410. The monoisotopic (exact) mass is 621 g/mol. The molecule has 2 aliphatic heterocycles. The number of anilines is 2. The second-order valence-corrected chi connectivity index (χ2v) is 10.4. The number of hydrogen-bond acceptors (Lipinski definition) is 8. The number of hydrogen-bond donors (Lipinski definition) is 4. The zero-order valence-corrected chi connectivity index (χ0v) is 26.5. The largest absolute Gasteiger partial charge is 0.503 e. The normalized spacial score (nSPS) is 15.7. The number of piperidine rings is 1. The van der Waals surface area contributed by atoms with Gasteiger partial charge in [-0.1, -0.05) is 32.6 Å². The number of urea groups is 1. The van der Waals surface area contributed by atoms with E-state index in [9.17, 15) is 19.1 Å². The molecule has 242 valence electrons. The summed E-state index contributed by atoms with van der Waals surface area (Å²) < 4.78 is 18.8. The number of halogens is 1. The summed E-state index contributed by atoms with van der Waals surface area (Å²) in [6, 6.07) is 6.67. The highest BCUT2D eigenvalue weighted by molar-refractivity contribution is 6.02. The van der Waals surface area contributed by atoms with Gasteiger partial charge in [0.25, 0.3) is 0 Å². The van der Waals surface area contributed by atoms with E-state index in [1.54, 1.807) is 36.1 Å². The maximum Gasteiger partial charge on any atom is 0.318 e. The second kappa shape index (κ2) is 17.0. The smallest absolute Gasteiger partial charge is 0.318 e. The highest BCUT2D eigenvalue weighted by Gasteiger charge is 2.30. The lowest BCUT2D eigenvalue weighted by Gasteiger charge is -2.33. The van der Waals surface area contributed by atoms with Crippen LogP contribution in [0.1, 0.15) is 45.7 Å². The van der Waals surface area contributed by atoms with Gasteiger partial charge in [-0.25, -0.2) is 19.2 Å². The van der Waals surface area contributed by atoms with Gasteiger partial charge in [0.2, 0.25) is 5.91 Å². The minimum absolute atomic E-state index is 0.0893. The molecule has 12 heteroatoms. The number of amides is 3. The van der Waals surface area contributed by atoms with E-state index in [0.717, 1.165) is 0 Å². The van der Waals surface area contributed by atoms with Crippen molar-refractivity contribution in [3.05, 3.63) is 66.2 Å². The van der Waals surface area contributed by atoms with Gasteiger partial charge in [0.15, 0.2) is 17.4 Å². The molecule has 0 saturated carbocycles. The van der Waals surface area contributed by atoms with Crippen molar-refractivity contribution in [3.8, 4) is 17.1 Å². The Labute approximate surface area is 264 Å². The number of likely N-dealkylation sites (tertiary alicyclic amines) is 1. The minimum atomic E-state index is -0.393. The van der Waals surface area contributed by atoms with Gasteiger partial charge in [0.05, 0.1) is 25.3 Å². The van der Waals surface area contributed by atoms with Gasteiger partial charge in [0.1, 0.15) is 11.5 Å². The van der Waals surface area contributed by atoms with E-state index in [4.69, 9.17) is 10.1 Å². The molecule has 2 aromatic rings. The highest BCUT2D eigenvalue weighted by atomic mass is 19.1. The number of carbonyl (C=O) groups is 2. The average Bonchev–Trinajstić information content (AvgIpc) is 3.08. The lowest BCUT2D eigenvalue weighted by Crippen LogP contribution is -2.40. The van der Waals surface area contributed by atoms with Crippen LogP contribution in [0.2, 0.25) is 0 Å². The Morgan fingerprint density at radius 2 is 1.76 bits per heavy atom. The molecule has 3 heterocycles. The fraction of sp³-hybridized carbons (Fsp3) is 0.424. The number of aromatic nitrogens is 2. The van der Waals surface area contributed by atoms with Gasteiger partial charge in [-0.15, -0.1) is 0 Å². The molecule has 4 rings (SSSR count). The number of morpholine rings is 1. The lowest BCUT2D eigenvalue weighted by atomic mass is 9.89. The summed E-state index contributed by atoms with van der Waals surface area (Å²) in [5.41, 5.74) is 2.12. The number of ether oxygens (including phenoxy) is 1. The highest BCUT2D eigenvalue weighted by Crippen LogP contribution is 2.34. The van der Waals surface area contributed by atoms with Crippen LogP contribution in [0.5, 0.6) is 5.75 Å². The summed E-state index contributed by atoms with van der Waals surface area (Å²) in [6.07, 6.45) is 5.27. The van der Waals surface area contributed by atoms with Crippen molar-refractivity contribution in [3.63, 3.8) is 0 Å². The van der Waals surface area contributed by atoms with Gasteiger partial charge in [-0.2, -0.15) is 0 Å². The SMILES string of the molecule is C=C(/C=C\C(F)=C/C)CC(=O)N1CCC(C(=N)c2nc(-c3ccc(NC(=O)NC)cc3)nc(N3CCOCC3)c2O)CC1.CC. The standard InChI is InChI=1S/C31H38FN7O4.C2H6/c1-4-23(32)8-5-20(2)19-25(40)38-13-11-21(12-14-38)26(33)27-28(41)30(39-15-17-43-18-16-39)37-29(36-27)22-6-9-24(10-7-22)35-31(42)34-3;1-2/h4-10,21,33,41H,2,11-19H2,1,3H3,(H2,34,35,42);1-2H3/b8-5-,23-4+,33-26?;. The Kier molecular flexibility index (Phi) is 13.2. The van der Waals surface area contributed by atoms with E-state index in [-0.39, 0.29) is 41.4 Å². The van der Waals surface area contributed by atoms with E-state index >= 15 is 0 Å². The van der Waals surface area contributed by atoms with E-state index in [2.05, 4.69) is 27.2 Å². The maximum atomic E-state index is 13.4. The van der Waals surface area contributed by atoms with E-state index in [1.807, 2.05) is 18.7 Å².